The van der Waals surface area contributed by atoms with Gasteiger partial charge in [0.25, 0.3) is 0 Å². The predicted octanol–water partition coefficient (Wildman–Crippen LogP) is 2.57. The Morgan fingerprint density at radius 1 is 1.47 bits per heavy atom. The molecule has 1 aliphatic rings. The molecule has 1 aliphatic carbocycles. The number of benzene rings is 1. The van der Waals surface area contributed by atoms with Crippen LogP contribution in [0.15, 0.2) is 24.3 Å². The van der Waals surface area contributed by atoms with E-state index in [0.717, 1.165) is 12.2 Å². The molecule has 0 aromatic heterocycles. The molecule has 0 aliphatic heterocycles. The molecule has 1 aromatic carbocycles. The summed E-state index contributed by atoms with van der Waals surface area (Å²) in [5.41, 5.74) is 1.25. The maximum atomic E-state index is 9.50. The van der Waals surface area contributed by atoms with Gasteiger partial charge in [-0.05, 0) is 43.7 Å². The lowest BCUT2D eigenvalue weighted by Gasteiger charge is -2.10. The fourth-order valence-electron chi connectivity index (χ4n) is 2.18. The Morgan fingerprint density at radius 3 is 2.80 bits per heavy atom. The molecule has 0 bridgehead atoms. The average Bonchev–Trinajstić information content (AvgIpc) is 2.99. The number of hydrogen-bond acceptors (Lipinski definition) is 2. The molecule has 0 radical (unpaired) electrons. The summed E-state index contributed by atoms with van der Waals surface area (Å²) in [5.74, 6) is 1.90. The lowest BCUT2D eigenvalue weighted by molar-refractivity contribution is 0.168. The summed E-state index contributed by atoms with van der Waals surface area (Å²) in [5, 5.41) is 9.50. The second-order valence-corrected chi connectivity index (χ2v) is 4.22. The van der Waals surface area contributed by atoms with E-state index in [2.05, 4.69) is 6.07 Å². The summed E-state index contributed by atoms with van der Waals surface area (Å²) >= 11 is 0. The zero-order valence-electron chi connectivity index (χ0n) is 9.31. The van der Waals surface area contributed by atoms with Crippen LogP contribution in [0, 0.1) is 5.92 Å². The highest BCUT2D eigenvalue weighted by atomic mass is 16.5. The summed E-state index contributed by atoms with van der Waals surface area (Å²) in [4.78, 5) is 0. The van der Waals surface area contributed by atoms with Crippen molar-refractivity contribution in [2.75, 3.05) is 6.61 Å². The standard InChI is InChI=1S/C13H18O2/c1-3-15-13-7-5-4-6-10(13)12-8-11(12)9(2)14/h4-7,9,11-12,14H,3,8H2,1-2H3. The van der Waals surface area contributed by atoms with Crippen LogP contribution in [0.2, 0.25) is 0 Å². The minimum absolute atomic E-state index is 0.204. The second-order valence-electron chi connectivity index (χ2n) is 4.22. The smallest absolute Gasteiger partial charge is 0.122 e. The van der Waals surface area contributed by atoms with Crippen LogP contribution < -0.4 is 4.74 Å². The first-order chi connectivity index (χ1) is 7.24. The highest BCUT2D eigenvalue weighted by Gasteiger charge is 2.42. The molecular formula is C13H18O2. The van der Waals surface area contributed by atoms with Gasteiger partial charge in [-0.3, -0.25) is 0 Å². The van der Waals surface area contributed by atoms with E-state index in [9.17, 15) is 5.11 Å². The van der Waals surface area contributed by atoms with Gasteiger partial charge in [-0.15, -0.1) is 0 Å². The van der Waals surface area contributed by atoms with Crippen molar-refractivity contribution < 1.29 is 9.84 Å². The van der Waals surface area contributed by atoms with E-state index in [1.54, 1.807) is 0 Å². The number of aliphatic hydroxyl groups excluding tert-OH is 1. The van der Waals surface area contributed by atoms with Crippen LogP contribution in [0.3, 0.4) is 0 Å². The van der Waals surface area contributed by atoms with Crippen LogP contribution in [0.1, 0.15) is 31.7 Å². The summed E-state index contributed by atoms with van der Waals surface area (Å²) < 4.78 is 5.58. The van der Waals surface area contributed by atoms with Gasteiger partial charge in [0.2, 0.25) is 0 Å². The lowest BCUT2D eigenvalue weighted by atomic mass is 10.1. The Hall–Kier alpha value is -1.02. The van der Waals surface area contributed by atoms with Gasteiger partial charge >= 0.3 is 0 Å². The number of aliphatic hydroxyl groups is 1. The average molecular weight is 206 g/mol. The summed E-state index contributed by atoms with van der Waals surface area (Å²) in [6, 6.07) is 8.15. The Balaban J connectivity index is 2.15. The van der Waals surface area contributed by atoms with Gasteiger partial charge < -0.3 is 9.84 Å². The molecule has 1 fully saturated rings. The van der Waals surface area contributed by atoms with Gasteiger partial charge in [0.15, 0.2) is 0 Å². The summed E-state index contributed by atoms with van der Waals surface area (Å²) in [7, 11) is 0. The predicted molar refractivity (Wildman–Crippen MR) is 60.1 cm³/mol. The molecular weight excluding hydrogens is 188 g/mol. The molecule has 3 atom stereocenters. The maximum absolute atomic E-state index is 9.50. The molecule has 2 heteroatoms. The van der Waals surface area contributed by atoms with Crippen LogP contribution in [-0.4, -0.2) is 17.8 Å². The third kappa shape index (κ3) is 2.15. The molecule has 0 amide bonds. The van der Waals surface area contributed by atoms with E-state index >= 15 is 0 Å². The zero-order chi connectivity index (χ0) is 10.8. The molecule has 2 nitrogen and oxygen atoms in total. The van der Waals surface area contributed by atoms with Gasteiger partial charge in [0, 0.05) is 0 Å². The third-order valence-corrected chi connectivity index (χ3v) is 3.08. The Bertz CT molecular complexity index is 333. The summed E-state index contributed by atoms with van der Waals surface area (Å²) in [6.07, 6.45) is 0.881. The van der Waals surface area contributed by atoms with E-state index in [0.29, 0.717) is 18.4 Å². The molecule has 0 spiro atoms. The van der Waals surface area contributed by atoms with Gasteiger partial charge in [-0.2, -0.15) is 0 Å². The van der Waals surface area contributed by atoms with E-state index in [4.69, 9.17) is 4.74 Å². The summed E-state index contributed by atoms with van der Waals surface area (Å²) in [6.45, 7) is 4.56. The van der Waals surface area contributed by atoms with Crippen molar-refractivity contribution in [1.82, 2.24) is 0 Å². The monoisotopic (exact) mass is 206 g/mol. The largest absolute Gasteiger partial charge is 0.494 e. The van der Waals surface area contributed by atoms with Crippen LogP contribution in [-0.2, 0) is 0 Å². The third-order valence-electron chi connectivity index (χ3n) is 3.08. The molecule has 1 saturated carbocycles. The highest BCUT2D eigenvalue weighted by Crippen LogP contribution is 2.51. The first-order valence-electron chi connectivity index (χ1n) is 5.63. The first-order valence-corrected chi connectivity index (χ1v) is 5.63. The van der Waals surface area contributed by atoms with Crippen LogP contribution >= 0.6 is 0 Å². The number of ether oxygens (including phenoxy) is 1. The molecule has 0 saturated heterocycles. The van der Waals surface area contributed by atoms with Crippen molar-refractivity contribution in [3.8, 4) is 5.75 Å². The van der Waals surface area contributed by atoms with Gasteiger partial charge in [-0.25, -0.2) is 0 Å². The van der Waals surface area contributed by atoms with E-state index < -0.39 is 0 Å². The molecule has 2 rings (SSSR count). The van der Waals surface area contributed by atoms with Crippen molar-refractivity contribution in [2.45, 2.75) is 32.3 Å². The van der Waals surface area contributed by atoms with E-state index in [1.807, 2.05) is 32.0 Å². The van der Waals surface area contributed by atoms with Crippen molar-refractivity contribution in [3.05, 3.63) is 29.8 Å². The fraction of sp³-hybridized carbons (Fsp3) is 0.538. The molecule has 15 heavy (non-hydrogen) atoms. The van der Waals surface area contributed by atoms with Crippen molar-refractivity contribution in [1.29, 1.82) is 0 Å². The maximum Gasteiger partial charge on any atom is 0.122 e. The highest BCUT2D eigenvalue weighted by molar-refractivity contribution is 5.39. The normalized spacial score (nSPS) is 26.1. The van der Waals surface area contributed by atoms with E-state index in [-0.39, 0.29) is 6.10 Å². The molecule has 1 N–H and O–H groups in total. The van der Waals surface area contributed by atoms with Crippen molar-refractivity contribution >= 4 is 0 Å². The Morgan fingerprint density at radius 2 is 2.20 bits per heavy atom. The minimum Gasteiger partial charge on any atom is -0.494 e. The number of rotatable bonds is 4. The first kappa shape index (κ1) is 10.5. The topological polar surface area (TPSA) is 29.5 Å². The van der Waals surface area contributed by atoms with Crippen LogP contribution in [0.4, 0.5) is 0 Å². The van der Waals surface area contributed by atoms with Gasteiger partial charge in [0.1, 0.15) is 5.75 Å². The fourth-order valence-corrected chi connectivity index (χ4v) is 2.18. The number of hydrogen-bond donors (Lipinski definition) is 1. The second kappa shape index (κ2) is 4.23. The quantitative estimate of drug-likeness (QED) is 0.820. The molecule has 82 valence electrons. The van der Waals surface area contributed by atoms with Gasteiger partial charge in [0.05, 0.1) is 12.7 Å². The zero-order valence-corrected chi connectivity index (χ0v) is 9.31. The molecule has 3 unspecified atom stereocenters. The van der Waals surface area contributed by atoms with E-state index in [1.165, 1.54) is 5.56 Å². The SMILES string of the molecule is CCOc1ccccc1C1CC1C(C)O. The lowest BCUT2D eigenvalue weighted by Crippen LogP contribution is -2.04. The van der Waals surface area contributed by atoms with Gasteiger partial charge in [-0.1, -0.05) is 18.2 Å². The van der Waals surface area contributed by atoms with Crippen molar-refractivity contribution in [3.63, 3.8) is 0 Å². The Kier molecular flexibility index (Phi) is 2.96. The van der Waals surface area contributed by atoms with Crippen LogP contribution in [0.25, 0.3) is 0 Å². The molecule has 0 heterocycles. The van der Waals surface area contributed by atoms with Crippen LogP contribution in [0.5, 0.6) is 5.75 Å². The molecule has 1 aromatic rings. The van der Waals surface area contributed by atoms with Crippen molar-refractivity contribution in [2.24, 2.45) is 5.92 Å². The number of para-hydroxylation sites is 1. The minimum atomic E-state index is -0.204. The Labute approximate surface area is 90.9 Å².